The van der Waals surface area contributed by atoms with Crippen molar-refractivity contribution < 1.29 is 14.3 Å². The third-order valence-electron chi connectivity index (χ3n) is 6.38. The highest BCUT2D eigenvalue weighted by Gasteiger charge is 2.35. The quantitative estimate of drug-likeness (QED) is 0.277. The number of aromatic nitrogens is 2. The van der Waals surface area contributed by atoms with Crippen LogP contribution in [-0.2, 0) is 16.1 Å². The second-order valence-electron chi connectivity index (χ2n) is 8.59. The van der Waals surface area contributed by atoms with Crippen LogP contribution in [0.3, 0.4) is 0 Å². The molecule has 5 rings (SSSR count). The Morgan fingerprint density at radius 1 is 1.19 bits per heavy atom. The van der Waals surface area contributed by atoms with Crippen molar-refractivity contribution in [1.29, 1.82) is 0 Å². The summed E-state index contributed by atoms with van der Waals surface area (Å²) in [5, 5.41) is 1.04. The van der Waals surface area contributed by atoms with Gasteiger partial charge in [-0.1, -0.05) is 53.8 Å². The molecule has 8 heteroatoms. The zero-order valence-corrected chi connectivity index (χ0v) is 21.7. The molecule has 188 valence electrons. The molecule has 0 fully saturated rings. The van der Waals surface area contributed by atoms with Crippen LogP contribution in [0.25, 0.3) is 17.0 Å². The van der Waals surface area contributed by atoms with Crippen LogP contribution >= 0.6 is 11.3 Å². The summed E-state index contributed by atoms with van der Waals surface area (Å²) in [6.45, 7) is 8.26. The van der Waals surface area contributed by atoms with E-state index < -0.39 is 12.0 Å². The minimum absolute atomic E-state index is 0.216. The second-order valence-corrected chi connectivity index (χ2v) is 9.60. The smallest absolute Gasteiger partial charge is 0.338 e. The van der Waals surface area contributed by atoms with E-state index in [0.29, 0.717) is 38.5 Å². The molecule has 0 saturated heterocycles. The first kappa shape index (κ1) is 24.5. The van der Waals surface area contributed by atoms with Gasteiger partial charge in [-0.15, -0.1) is 6.58 Å². The van der Waals surface area contributed by atoms with Crippen LogP contribution in [0, 0.1) is 0 Å². The average molecular weight is 514 g/mol. The number of nitrogens with zero attached hydrogens (tertiary/aromatic N) is 3. The fourth-order valence-electron chi connectivity index (χ4n) is 4.80. The van der Waals surface area contributed by atoms with E-state index >= 15 is 0 Å². The van der Waals surface area contributed by atoms with Crippen LogP contribution in [0.15, 0.2) is 88.4 Å². The van der Waals surface area contributed by atoms with Crippen molar-refractivity contribution in [2.24, 2.45) is 4.99 Å². The van der Waals surface area contributed by atoms with Crippen molar-refractivity contribution in [2.45, 2.75) is 26.4 Å². The van der Waals surface area contributed by atoms with Crippen LogP contribution in [-0.4, -0.2) is 28.8 Å². The van der Waals surface area contributed by atoms with Gasteiger partial charge < -0.3 is 14.0 Å². The van der Waals surface area contributed by atoms with Crippen LogP contribution in [0.4, 0.5) is 0 Å². The molecular formula is C29H27N3O4S. The van der Waals surface area contributed by atoms with Crippen molar-refractivity contribution in [1.82, 2.24) is 9.13 Å². The zero-order valence-electron chi connectivity index (χ0n) is 20.9. The number of thiazole rings is 1. The van der Waals surface area contributed by atoms with Gasteiger partial charge in [-0.05, 0) is 32.1 Å². The molecule has 3 heterocycles. The summed E-state index contributed by atoms with van der Waals surface area (Å²) in [5.74, 6) is 0.0764. The summed E-state index contributed by atoms with van der Waals surface area (Å²) >= 11 is 1.30. The standard InChI is InChI=1S/C29H27N3O4S/c1-5-15-31-17-19(20-11-7-9-13-22(20)31)16-24-27(33)32-26(21-12-8-10-14-23(21)35-4)25(28(34)36-6-2)18(3)30-29(32)37-24/h5,7-14,16-17,26H,1,6,15H2,2-4H3/b24-16-/t26-/m0/s1. The van der Waals surface area contributed by atoms with E-state index in [2.05, 4.69) is 22.2 Å². The van der Waals surface area contributed by atoms with Gasteiger partial charge in [0.2, 0.25) is 0 Å². The first-order chi connectivity index (χ1) is 18.0. The molecule has 0 bridgehead atoms. The number of para-hydroxylation sites is 2. The molecule has 1 aliphatic heterocycles. The number of esters is 1. The Kier molecular flexibility index (Phi) is 6.67. The highest BCUT2D eigenvalue weighted by Crippen LogP contribution is 2.35. The molecule has 0 unspecified atom stereocenters. The van der Waals surface area contributed by atoms with Crippen molar-refractivity contribution in [3.63, 3.8) is 0 Å². The van der Waals surface area contributed by atoms with Gasteiger partial charge in [-0.25, -0.2) is 9.79 Å². The van der Waals surface area contributed by atoms with Gasteiger partial charge in [0.05, 0.1) is 29.5 Å². The van der Waals surface area contributed by atoms with Crippen LogP contribution in [0.2, 0.25) is 0 Å². The molecule has 0 saturated carbocycles. The Labute approximate surface area is 217 Å². The van der Waals surface area contributed by atoms with E-state index in [9.17, 15) is 9.59 Å². The van der Waals surface area contributed by atoms with E-state index in [1.807, 2.05) is 60.8 Å². The molecular weight excluding hydrogens is 486 g/mol. The largest absolute Gasteiger partial charge is 0.496 e. The van der Waals surface area contributed by atoms with Gasteiger partial charge in [0.1, 0.15) is 11.8 Å². The number of ether oxygens (including phenoxy) is 2. The van der Waals surface area contributed by atoms with Crippen molar-refractivity contribution in [2.75, 3.05) is 13.7 Å². The van der Waals surface area contributed by atoms with E-state index in [0.717, 1.165) is 16.5 Å². The Hall–Kier alpha value is -4.17. The number of rotatable bonds is 7. The maximum absolute atomic E-state index is 13.9. The molecule has 1 aliphatic rings. The number of hydrogen-bond acceptors (Lipinski definition) is 6. The van der Waals surface area contributed by atoms with Gasteiger partial charge in [0, 0.05) is 34.8 Å². The molecule has 0 radical (unpaired) electrons. The third-order valence-corrected chi connectivity index (χ3v) is 7.37. The Balaban J connectivity index is 1.76. The Morgan fingerprint density at radius 3 is 2.70 bits per heavy atom. The summed E-state index contributed by atoms with van der Waals surface area (Å²) in [4.78, 5) is 32.2. The lowest BCUT2D eigenvalue weighted by Gasteiger charge is -2.25. The van der Waals surface area contributed by atoms with Crippen LogP contribution < -0.4 is 19.6 Å². The van der Waals surface area contributed by atoms with Crippen molar-refractivity contribution in [3.05, 3.63) is 109 Å². The maximum atomic E-state index is 13.9. The van der Waals surface area contributed by atoms with E-state index in [1.54, 1.807) is 25.5 Å². The lowest BCUT2D eigenvalue weighted by atomic mass is 9.95. The van der Waals surface area contributed by atoms with Gasteiger partial charge in [-0.3, -0.25) is 9.36 Å². The maximum Gasteiger partial charge on any atom is 0.338 e. The number of carbonyl (C=O) groups excluding carboxylic acids is 1. The van der Waals surface area contributed by atoms with Gasteiger partial charge in [0.15, 0.2) is 4.80 Å². The Bertz CT molecular complexity index is 1740. The monoisotopic (exact) mass is 513 g/mol. The molecule has 4 aromatic rings. The predicted molar refractivity (Wildman–Crippen MR) is 146 cm³/mol. The van der Waals surface area contributed by atoms with Crippen molar-refractivity contribution in [3.8, 4) is 5.75 Å². The summed E-state index contributed by atoms with van der Waals surface area (Å²) in [6.07, 6.45) is 5.77. The fourth-order valence-corrected chi connectivity index (χ4v) is 5.84. The highest BCUT2D eigenvalue weighted by molar-refractivity contribution is 7.07. The number of benzene rings is 2. The molecule has 2 aromatic carbocycles. The second kappa shape index (κ2) is 10.1. The lowest BCUT2D eigenvalue weighted by molar-refractivity contribution is -0.139. The highest BCUT2D eigenvalue weighted by atomic mass is 32.1. The number of allylic oxidation sites excluding steroid dienone is 2. The molecule has 37 heavy (non-hydrogen) atoms. The first-order valence-corrected chi connectivity index (χ1v) is 12.8. The topological polar surface area (TPSA) is 74.8 Å². The molecule has 0 spiro atoms. The normalized spacial score (nSPS) is 15.4. The van der Waals surface area contributed by atoms with Crippen LogP contribution in [0.1, 0.15) is 31.0 Å². The zero-order chi connectivity index (χ0) is 26.1. The number of fused-ring (bicyclic) bond motifs is 2. The van der Waals surface area contributed by atoms with Gasteiger partial charge in [0.25, 0.3) is 5.56 Å². The summed E-state index contributed by atoms with van der Waals surface area (Å²) < 4.78 is 15.2. The molecule has 7 nitrogen and oxygen atoms in total. The SMILES string of the molecule is C=CCn1cc(/C=c2\sc3n(c2=O)[C@@H](c2ccccc2OC)C(C(=O)OCC)=C(C)N=3)c2ccccc21. The Morgan fingerprint density at radius 2 is 1.95 bits per heavy atom. The number of carbonyl (C=O) groups is 1. The molecule has 2 aromatic heterocycles. The van der Waals surface area contributed by atoms with Crippen LogP contribution in [0.5, 0.6) is 5.75 Å². The van der Waals surface area contributed by atoms with Gasteiger partial charge >= 0.3 is 5.97 Å². The molecule has 1 atom stereocenters. The summed E-state index contributed by atoms with van der Waals surface area (Å²) in [6, 6.07) is 14.7. The van der Waals surface area contributed by atoms with E-state index in [4.69, 9.17) is 9.47 Å². The predicted octanol–water partition coefficient (Wildman–Crippen LogP) is 3.95. The van der Waals surface area contributed by atoms with Crippen molar-refractivity contribution >= 4 is 34.3 Å². The van der Waals surface area contributed by atoms with E-state index in [-0.39, 0.29) is 12.2 Å². The van der Waals surface area contributed by atoms with Gasteiger partial charge in [-0.2, -0.15) is 0 Å². The fraction of sp³-hybridized carbons (Fsp3) is 0.207. The third kappa shape index (κ3) is 4.23. The lowest BCUT2D eigenvalue weighted by Crippen LogP contribution is -2.40. The number of hydrogen-bond donors (Lipinski definition) is 0. The summed E-state index contributed by atoms with van der Waals surface area (Å²) in [7, 11) is 1.57. The minimum Gasteiger partial charge on any atom is -0.496 e. The molecule has 0 aliphatic carbocycles. The average Bonchev–Trinajstić information content (AvgIpc) is 3.40. The summed E-state index contributed by atoms with van der Waals surface area (Å²) in [5.41, 5.74) is 3.30. The van der Waals surface area contributed by atoms with E-state index in [1.165, 1.54) is 11.3 Å². The molecule has 0 amide bonds. The number of methoxy groups -OCH3 is 1. The molecule has 0 N–H and O–H groups in total. The minimum atomic E-state index is -0.726. The first-order valence-electron chi connectivity index (χ1n) is 12.0.